The van der Waals surface area contributed by atoms with Crippen molar-refractivity contribution in [2.45, 2.75) is 15.1 Å². The molecule has 0 bridgehead atoms. The lowest BCUT2D eigenvalue weighted by Crippen LogP contribution is -2.13. The Morgan fingerprint density at radius 2 is 2.06 bits per heavy atom. The van der Waals surface area contributed by atoms with Gasteiger partial charge in [-0.15, -0.1) is 11.3 Å². The number of carbonyl (C=O) groups excluding carboxylic acids is 1. The lowest BCUT2D eigenvalue weighted by atomic mass is 10.2. The molecular formula is C22H18N4O4S3. The number of hydrogen-bond donors (Lipinski definition) is 1. The maximum absolute atomic E-state index is 12.3. The molecule has 0 aliphatic heterocycles. The fourth-order valence-corrected chi connectivity index (χ4v) is 5.69. The van der Waals surface area contributed by atoms with Gasteiger partial charge in [0.25, 0.3) is 5.69 Å². The van der Waals surface area contributed by atoms with Crippen LogP contribution in [0.25, 0.3) is 10.2 Å². The molecule has 8 nitrogen and oxygen atoms in total. The Labute approximate surface area is 201 Å². The molecule has 0 atom stereocenters. The number of anilines is 1. The summed E-state index contributed by atoms with van der Waals surface area (Å²) in [5.41, 5.74) is 2.29. The second kappa shape index (κ2) is 10.6. The zero-order chi connectivity index (χ0) is 23.2. The SMILES string of the molecule is COc1ccc([N+](=O)[O-])cc1CSc1nc2ccc(NC(=O)CSc3ccccn3)cc2s1. The Balaban J connectivity index is 1.40. The Morgan fingerprint density at radius 3 is 2.82 bits per heavy atom. The number of amides is 1. The van der Waals surface area contributed by atoms with E-state index >= 15 is 0 Å². The van der Waals surface area contributed by atoms with E-state index in [0.29, 0.717) is 17.2 Å². The summed E-state index contributed by atoms with van der Waals surface area (Å²) in [6, 6.07) is 15.7. The summed E-state index contributed by atoms with van der Waals surface area (Å²) in [5, 5.41) is 14.8. The molecule has 0 saturated carbocycles. The van der Waals surface area contributed by atoms with Gasteiger partial charge >= 0.3 is 0 Å². The standard InChI is InChI=1S/C22H18N4O4S3/c1-30-18-8-6-16(26(28)29)10-14(18)12-32-22-25-17-7-5-15(11-19(17)33-22)24-20(27)13-31-21-4-2-3-9-23-21/h2-11H,12-13H2,1H3,(H,24,27). The van der Waals surface area contributed by atoms with Crippen LogP contribution in [0.1, 0.15) is 5.56 Å². The number of ether oxygens (including phenoxy) is 1. The van der Waals surface area contributed by atoms with Crippen molar-refractivity contribution < 1.29 is 14.5 Å². The number of nitrogens with zero attached hydrogens (tertiary/aromatic N) is 3. The fraction of sp³-hybridized carbons (Fsp3) is 0.136. The highest BCUT2D eigenvalue weighted by Crippen LogP contribution is 2.35. The van der Waals surface area contributed by atoms with Gasteiger partial charge in [0.15, 0.2) is 4.34 Å². The van der Waals surface area contributed by atoms with E-state index in [1.54, 1.807) is 12.3 Å². The molecule has 168 valence electrons. The summed E-state index contributed by atoms with van der Waals surface area (Å²) in [4.78, 5) is 31.8. The van der Waals surface area contributed by atoms with Crippen LogP contribution in [0.15, 0.2) is 70.2 Å². The van der Waals surface area contributed by atoms with Gasteiger partial charge in [-0.05, 0) is 36.4 Å². The number of thioether (sulfide) groups is 2. The Morgan fingerprint density at radius 1 is 1.18 bits per heavy atom. The van der Waals surface area contributed by atoms with E-state index < -0.39 is 4.92 Å². The van der Waals surface area contributed by atoms with Crippen LogP contribution < -0.4 is 10.1 Å². The summed E-state index contributed by atoms with van der Waals surface area (Å²) >= 11 is 4.36. The summed E-state index contributed by atoms with van der Waals surface area (Å²) in [7, 11) is 1.54. The third-order valence-corrected chi connectivity index (χ3v) is 7.62. The number of nitro benzene ring substituents is 1. The number of aromatic nitrogens is 2. The molecule has 0 radical (unpaired) electrons. The summed E-state index contributed by atoms with van der Waals surface area (Å²) in [5.74, 6) is 1.24. The van der Waals surface area contributed by atoms with Crippen LogP contribution in [0.4, 0.5) is 11.4 Å². The van der Waals surface area contributed by atoms with Gasteiger partial charge in [0, 0.05) is 35.3 Å². The van der Waals surface area contributed by atoms with Crippen LogP contribution in [0, 0.1) is 10.1 Å². The molecule has 4 rings (SSSR count). The van der Waals surface area contributed by atoms with Gasteiger partial charge in [-0.3, -0.25) is 14.9 Å². The van der Waals surface area contributed by atoms with E-state index in [2.05, 4.69) is 15.3 Å². The van der Waals surface area contributed by atoms with Crippen LogP contribution in [0.5, 0.6) is 5.75 Å². The number of hydrogen-bond acceptors (Lipinski definition) is 9. The van der Waals surface area contributed by atoms with Crippen molar-refractivity contribution in [3.8, 4) is 5.75 Å². The molecule has 33 heavy (non-hydrogen) atoms. The molecule has 11 heteroatoms. The molecule has 0 aliphatic carbocycles. The van der Waals surface area contributed by atoms with Crippen molar-refractivity contribution in [1.29, 1.82) is 0 Å². The van der Waals surface area contributed by atoms with Crippen LogP contribution in [0.2, 0.25) is 0 Å². The maximum atomic E-state index is 12.3. The van der Waals surface area contributed by atoms with Gasteiger partial charge in [0.1, 0.15) is 5.75 Å². The average molecular weight is 499 g/mol. The maximum Gasteiger partial charge on any atom is 0.270 e. The van der Waals surface area contributed by atoms with Gasteiger partial charge in [-0.2, -0.15) is 0 Å². The second-order valence-electron chi connectivity index (χ2n) is 6.71. The number of nitrogens with one attached hydrogen (secondary N) is 1. The highest BCUT2D eigenvalue weighted by molar-refractivity contribution is 8.00. The van der Waals surface area contributed by atoms with Crippen molar-refractivity contribution in [3.05, 3.63) is 76.5 Å². The van der Waals surface area contributed by atoms with Crippen molar-refractivity contribution in [2.75, 3.05) is 18.2 Å². The molecule has 2 aromatic carbocycles. The van der Waals surface area contributed by atoms with Crippen molar-refractivity contribution in [2.24, 2.45) is 0 Å². The first-order valence-corrected chi connectivity index (χ1v) is 12.5. The van der Waals surface area contributed by atoms with Crippen LogP contribution >= 0.6 is 34.9 Å². The minimum absolute atomic E-state index is 0.0253. The topological polar surface area (TPSA) is 107 Å². The van der Waals surface area contributed by atoms with Crippen molar-refractivity contribution in [1.82, 2.24) is 9.97 Å². The first-order valence-electron chi connectivity index (χ1n) is 9.70. The molecule has 0 spiro atoms. The predicted octanol–water partition coefficient (Wildman–Crippen LogP) is 5.63. The number of fused-ring (bicyclic) bond motifs is 1. The molecule has 0 aliphatic rings. The zero-order valence-electron chi connectivity index (χ0n) is 17.4. The first-order chi connectivity index (χ1) is 16.0. The Hall–Kier alpha value is -3.15. The number of nitro groups is 1. The summed E-state index contributed by atoms with van der Waals surface area (Å²) < 4.78 is 7.10. The van der Waals surface area contributed by atoms with Crippen LogP contribution in [-0.2, 0) is 10.5 Å². The van der Waals surface area contributed by atoms with Gasteiger partial charge in [0.05, 0.1) is 33.0 Å². The smallest absolute Gasteiger partial charge is 0.270 e. The van der Waals surface area contributed by atoms with E-state index in [1.165, 1.54) is 54.1 Å². The molecular weight excluding hydrogens is 480 g/mol. The fourth-order valence-electron chi connectivity index (χ4n) is 2.94. The van der Waals surface area contributed by atoms with Crippen molar-refractivity contribution >= 4 is 62.4 Å². The molecule has 1 amide bonds. The van der Waals surface area contributed by atoms with Gasteiger partial charge in [-0.25, -0.2) is 9.97 Å². The lowest BCUT2D eigenvalue weighted by molar-refractivity contribution is -0.384. The Kier molecular flexibility index (Phi) is 7.43. The molecule has 0 saturated heterocycles. The molecule has 4 aromatic rings. The third kappa shape index (κ3) is 6.01. The van der Waals surface area contributed by atoms with E-state index in [1.807, 2.05) is 36.4 Å². The average Bonchev–Trinajstić information content (AvgIpc) is 3.24. The molecule has 2 heterocycles. The largest absolute Gasteiger partial charge is 0.496 e. The highest BCUT2D eigenvalue weighted by atomic mass is 32.2. The molecule has 1 N–H and O–H groups in total. The minimum atomic E-state index is -0.421. The van der Waals surface area contributed by atoms with E-state index in [0.717, 1.165) is 25.1 Å². The van der Waals surface area contributed by atoms with E-state index in [9.17, 15) is 14.9 Å². The van der Waals surface area contributed by atoms with Crippen LogP contribution in [0.3, 0.4) is 0 Å². The number of carbonyl (C=O) groups is 1. The summed E-state index contributed by atoms with van der Waals surface area (Å²) in [6.07, 6.45) is 1.70. The van der Waals surface area contributed by atoms with Gasteiger partial charge in [-0.1, -0.05) is 29.6 Å². The molecule has 2 aromatic heterocycles. The summed E-state index contributed by atoms with van der Waals surface area (Å²) in [6.45, 7) is 0. The van der Waals surface area contributed by atoms with Gasteiger partial charge < -0.3 is 10.1 Å². The normalized spacial score (nSPS) is 10.8. The quantitative estimate of drug-likeness (QED) is 0.180. The van der Waals surface area contributed by atoms with Crippen LogP contribution in [-0.4, -0.2) is 33.7 Å². The number of benzene rings is 2. The zero-order valence-corrected chi connectivity index (χ0v) is 19.8. The highest BCUT2D eigenvalue weighted by Gasteiger charge is 2.13. The number of thiazole rings is 1. The lowest BCUT2D eigenvalue weighted by Gasteiger charge is -2.06. The van der Waals surface area contributed by atoms with Gasteiger partial charge in [0.2, 0.25) is 5.91 Å². The first kappa shape index (κ1) is 23.0. The van der Waals surface area contributed by atoms with E-state index in [-0.39, 0.29) is 17.3 Å². The number of methoxy groups -OCH3 is 1. The molecule has 0 unspecified atom stereocenters. The second-order valence-corrected chi connectivity index (χ2v) is 9.96. The third-order valence-electron chi connectivity index (χ3n) is 4.47. The monoisotopic (exact) mass is 498 g/mol. The number of rotatable bonds is 9. The number of pyridine rings is 1. The predicted molar refractivity (Wildman–Crippen MR) is 132 cm³/mol. The Bertz CT molecular complexity index is 1300. The minimum Gasteiger partial charge on any atom is -0.496 e. The van der Waals surface area contributed by atoms with Crippen molar-refractivity contribution in [3.63, 3.8) is 0 Å². The number of non-ortho nitro benzene ring substituents is 1. The van der Waals surface area contributed by atoms with E-state index in [4.69, 9.17) is 4.74 Å². The molecule has 0 fully saturated rings.